The van der Waals surface area contributed by atoms with E-state index in [2.05, 4.69) is 5.16 Å². The Hall–Kier alpha value is -2.17. The molecule has 5 heteroatoms. The molecule has 0 aliphatic heterocycles. The van der Waals surface area contributed by atoms with E-state index in [0.717, 1.165) is 12.8 Å². The van der Waals surface area contributed by atoms with E-state index >= 15 is 0 Å². The summed E-state index contributed by atoms with van der Waals surface area (Å²) in [5.74, 6) is 0.0949. The van der Waals surface area contributed by atoms with E-state index in [1.165, 1.54) is 6.07 Å². The number of rotatable bonds is 4. The highest BCUT2D eigenvalue weighted by molar-refractivity contribution is 5.93. The number of aryl methyl sites for hydroxylation is 1. The summed E-state index contributed by atoms with van der Waals surface area (Å²) in [5.41, 5.74) is 0.806. The second kappa shape index (κ2) is 5.31. The Balaban J connectivity index is 1.91. The molecule has 0 bridgehead atoms. The zero-order valence-corrected chi connectivity index (χ0v) is 12.0. The average molecular weight is 288 g/mol. The molecule has 0 saturated heterocycles. The van der Waals surface area contributed by atoms with Crippen LogP contribution in [0, 0.1) is 12.7 Å². The van der Waals surface area contributed by atoms with Gasteiger partial charge in [-0.25, -0.2) is 4.39 Å². The van der Waals surface area contributed by atoms with Crippen LogP contribution >= 0.6 is 0 Å². The minimum atomic E-state index is -0.330. The van der Waals surface area contributed by atoms with E-state index in [9.17, 15) is 9.18 Å². The number of halogens is 1. The number of aromatic nitrogens is 1. The molecular weight excluding hydrogens is 271 g/mol. The second-order valence-corrected chi connectivity index (χ2v) is 5.46. The second-order valence-electron chi connectivity index (χ2n) is 5.46. The Morgan fingerprint density at radius 3 is 2.71 bits per heavy atom. The van der Waals surface area contributed by atoms with E-state index in [0.29, 0.717) is 11.3 Å². The molecule has 1 aliphatic rings. The van der Waals surface area contributed by atoms with Crippen molar-refractivity contribution in [2.24, 2.45) is 0 Å². The minimum absolute atomic E-state index is 0.157. The molecule has 1 aliphatic carbocycles. The highest BCUT2D eigenvalue weighted by Gasteiger charge is 2.38. The van der Waals surface area contributed by atoms with Gasteiger partial charge in [0.25, 0.3) is 5.91 Å². The van der Waals surface area contributed by atoms with Gasteiger partial charge in [-0.15, -0.1) is 0 Å². The lowest BCUT2D eigenvalue weighted by atomic mass is 10.1. The molecule has 0 N–H and O–H groups in total. The first-order chi connectivity index (χ1) is 10.1. The largest absolute Gasteiger partial charge is 0.361 e. The lowest BCUT2D eigenvalue weighted by Gasteiger charge is -2.29. The topological polar surface area (TPSA) is 46.3 Å². The van der Waals surface area contributed by atoms with E-state index in [4.69, 9.17) is 4.52 Å². The molecular formula is C16H17FN2O2. The molecule has 1 saturated carbocycles. The summed E-state index contributed by atoms with van der Waals surface area (Å²) in [4.78, 5) is 14.4. The van der Waals surface area contributed by atoms with Crippen LogP contribution in [0.1, 0.15) is 47.6 Å². The molecule has 1 heterocycles. The molecule has 4 nitrogen and oxygen atoms in total. The Morgan fingerprint density at radius 1 is 1.43 bits per heavy atom. The molecule has 1 unspecified atom stereocenters. The maximum absolute atomic E-state index is 14.0. The molecule has 110 valence electrons. The Morgan fingerprint density at radius 2 is 2.14 bits per heavy atom. The van der Waals surface area contributed by atoms with E-state index in [-0.39, 0.29) is 29.5 Å². The molecule has 1 fully saturated rings. The van der Waals surface area contributed by atoms with E-state index in [1.54, 1.807) is 36.1 Å². The van der Waals surface area contributed by atoms with Crippen LogP contribution in [0.5, 0.6) is 0 Å². The Kier molecular flexibility index (Phi) is 3.49. The zero-order valence-electron chi connectivity index (χ0n) is 12.0. The predicted octanol–water partition coefficient (Wildman–Crippen LogP) is 3.49. The molecule has 0 spiro atoms. The summed E-state index contributed by atoms with van der Waals surface area (Å²) >= 11 is 0. The van der Waals surface area contributed by atoms with Crippen molar-refractivity contribution in [2.75, 3.05) is 0 Å². The standard InChI is InChI=1S/C16H17FN2O2/c1-10-9-15(18-21-10)16(20)19(12-7-8-12)11(2)13-5-3-4-6-14(13)17/h3-6,9,11-12H,7-8H2,1-2H3. The van der Waals surface area contributed by atoms with E-state index < -0.39 is 0 Å². The van der Waals surface area contributed by atoms with Gasteiger partial charge in [-0.1, -0.05) is 23.4 Å². The van der Waals surface area contributed by atoms with Crippen molar-refractivity contribution in [3.8, 4) is 0 Å². The summed E-state index contributed by atoms with van der Waals surface area (Å²) < 4.78 is 19.0. The van der Waals surface area contributed by atoms with Crippen LogP contribution in [0.4, 0.5) is 4.39 Å². The third-order valence-electron chi connectivity index (χ3n) is 3.79. The monoisotopic (exact) mass is 288 g/mol. The van der Waals surface area contributed by atoms with Crippen LogP contribution in [0.3, 0.4) is 0 Å². The highest BCUT2D eigenvalue weighted by atomic mass is 19.1. The fraction of sp³-hybridized carbons (Fsp3) is 0.375. The van der Waals surface area contributed by atoms with Crippen molar-refractivity contribution < 1.29 is 13.7 Å². The SMILES string of the molecule is Cc1cc(C(=O)N(C2CC2)C(C)c2ccccc2F)no1. The van der Waals surface area contributed by atoms with Gasteiger partial charge in [0, 0.05) is 17.7 Å². The van der Waals surface area contributed by atoms with Crippen LogP contribution in [0.15, 0.2) is 34.9 Å². The smallest absolute Gasteiger partial charge is 0.276 e. The van der Waals surface area contributed by atoms with Gasteiger partial charge in [-0.2, -0.15) is 0 Å². The fourth-order valence-corrected chi connectivity index (χ4v) is 2.57. The van der Waals surface area contributed by atoms with Crippen molar-refractivity contribution in [2.45, 2.75) is 38.8 Å². The van der Waals surface area contributed by atoms with Gasteiger partial charge in [0.2, 0.25) is 0 Å². The molecule has 0 radical (unpaired) electrons. The number of nitrogens with zero attached hydrogens (tertiary/aromatic N) is 2. The van der Waals surface area contributed by atoms with Gasteiger partial charge >= 0.3 is 0 Å². The number of hydrogen-bond donors (Lipinski definition) is 0. The van der Waals surface area contributed by atoms with Gasteiger partial charge < -0.3 is 9.42 Å². The van der Waals surface area contributed by atoms with E-state index in [1.807, 2.05) is 6.92 Å². The highest BCUT2D eigenvalue weighted by Crippen LogP contribution is 2.36. The lowest BCUT2D eigenvalue weighted by molar-refractivity contribution is 0.0660. The average Bonchev–Trinajstić information content (AvgIpc) is 3.20. The maximum Gasteiger partial charge on any atom is 0.276 e. The van der Waals surface area contributed by atoms with Crippen molar-refractivity contribution >= 4 is 5.91 Å². The molecule has 1 aromatic carbocycles. The third kappa shape index (κ3) is 2.68. The van der Waals surface area contributed by atoms with Crippen LogP contribution in [0.2, 0.25) is 0 Å². The Bertz CT molecular complexity index is 664. The molecule has 1 atom stereocenters. The maximum atomic E-state index is 14.0. The van der Waals surface area contributed by atoms with Gasteiger partial charge in [0.15, 0.2) is 5.69 Å². The molecule has 1 aromatic heterocycles. The molecule has 3 rings (SSSR count). The summed E-state index contributed by atoms with van der Waals surface area (Å²) in [5, 5.41) is 3.79. The first-order valence-electron chi connectivity index (χ1n) is 7.08. The van der Waals surface area contributed by atoms with Crippen molar-refractivity contribution in [1.82, 2.24) is 10.1 Å². The number of carbonyl (C=O) groups excluding carboxylic acids is 1. The van der Waals surface area contributed by atoms with Crippen LogP contribution in [-0.4, -0.2) is 22.0 Å². The quantitative estimate of drug-likeness (QED) is 0.865. The summed E-state index contributed by atoms with van der Waals surface area (Å²) in [6.45, 7) is 3.59. The molecule has 21 heavy (non-hydrogen) atoms. The summed E-state index contributed by atoms with van der Waals surface area (Å²) in [7, 11) is 0. The van der Waals surface area contributed by atoms with Crippen LogP contribution in [-0.2, 0) is 0 Å². The van der Waals surface area contributed by atoms with Crippen LogP contribution < -0.4 is 0 Å². The Labute approximate surface area is 122 Å². The van der Waals surface area contributed by atoms with Gasteiger partial charge in [-0.05, 0) is 32.8 Å². The lowest BCUT2D eigenvalue weighted by Crippen LogP contribution is -2.36. The van der Waals surface area contributed by atoms with Gasteiger partial charge in [-0.3, -0.25) is 4.79 Å². The molecule has 2 aromatic rings. The van der Waals surface area contributed by atoms with Crippen molar-refractivity contribution in [3.05, 3.63) is 53.2 Å². The number of carbonyl (C=O) groups is 1. The minimum Gasteiger partial charge on any atom is -0.361 e. The summed E-state index contributed by atoms with van der Waals surface area (Å²) in [6, 6.07) is 8.01. The predicted molar refractivity (Wildman–Crippen MR) is 75.2 cm³/mol. The number of hydrogen-bond acceptors (Lipinski definition) is 3. The van der Waals surface area contributed by atoms with Crippen LogP contribution in [0.25, 0.3) is 0 Å². The normalized spacial score (nSPS) is 15.8. The van der Waals surface area contributed by atoms with Gasteiger partial charge in [0.1, 0.15) is 11.6 Å². The summed E-state index contributed by atoms with van der Waals surface area (Å²) in [6.07, 6.45) is 1.89. The van der Waals surface area contributed by atoms with Gasteiger partial charge in [0.05, 0.1) is 6.04 Å². The fourth-order valence-electron chi connectivity index (χ4n) is 2.57. The first-order valence-corrected chi connectivity index (χ1v) is 7.08. The van der Waals surface area contributed by atoms with Crippen molar-refractivity contribution in [3.63, 3.8) is 0 Å². The third-order valence-corrected chi connectivity index (χ3v) is 3.79. The van der Waals surface area contributed by atoms with Crippen molar-refractivity contribution in [1.29, 1.82) is 0 Å². The number of benzene rings is 1. The first kappa shape index (κ1) is 13.8. The number of amides is 1. The zero-order chi connectivity index (χ0) is 15.0. The molecule has 1 amide bonds.